The number of amidine groups is 1. The molecular formula is C29H39N5O6. The van der Waals surface area contributed by atoms with Crippen LogP contribution in [0.5, 0.6) is 5.75 Å². The molecule has 1 saturated heterocycles. The van der Waals surface area contributed by atoms with Gasteiger partial charge < -0.3 is 24.3 Å². The van der Waals surface area contributed by atoms with Gasteiger partial charge in [-0.05, 0) is 30.5 Å². The quantitative estimate of drug-likeness (QED) is 0.149. The number of unbranched alkanes of at least 4 members (excludes halogenated alkanes) is 2. The first kappa shape index (κ1) is 30.4. The fourth-order valence-electron chi connectivity index (χ4n) is 4.50. The zero-order valence-corrected chi connectivity index (χ0v) is 23.9. The van der Waals surface area contributed by atoms with Gasteiger partial charge in [-0.25, -0.2) is 9.79 Å². The molecule has 0 aliphatic carbocycles. The maximum atomic E-state index is 11.8. The second-order valence-electron chi connectivity index (χ2n) is 9.59. The zero-order valence-electron chi connectivity index (χ0n) is 23.9. The minimum atomic E-state index is -0.853. The van der Waals surface area contributed by atoms with E-state index in [4.69, 9.17) is 9.15 Å². The van der Waals surface area contributed by atoms with Gasteiger partial charge in [-0.1, -0.05) is 39.7 Å². The van der Waals surface area contributed by atoms with Gasteiger partial charge in [0.05, 0.1) is 7.11 Å². The SMILES string of the molecule is CCCCCN(C=O)C(CC)=Nc1cc(C2NC(=O)NC2=O)oc1CC.COc1ccc2c(c1)C(=O)N(C)CC2. The molecule has 2 aromatic rings. The number of nitrogens with zero attached hydrogens (tertiary/aromatic N) is 3. The molecule has 1 atom stereocenters. The highest BCUT2D eigenvalue weighted by Gasteiger charge is 2.34. The minimum absolute atomic E-state index is 0.0881. The third-order valence-corrected chi connectivity index (χ3v) is 6.82. The van der Waals surface area contributed by atoms with E-state index in [2.05, 4.69) is 22.5 Å². The Morgan fingerprint density at radius 1 is 1.20 bits per heavy atom. The number of carbonyl (C=O) groups is 4. The van der Waals surface area contributed by atoms with Gasteiger partial charge in [0.25, 0.3) is 11.8 Å². The van der Waals surface area contributed by atoms with Gasteiger partial charge in [0.2, 0.25) is 6.41 Å². The number of nitrogens with one attached hydrogen (secondary N) is 2. The van der Waals surface area contributed by atoms with Gasteiger partial charge in [-0.2, -0.15) is 0 Å². The molecule has 216 valence electrons. The number of aliphatic imine (C=N–C) groups is 1. The van der Waals surface area contributed by atoms with Crippen molar-refractivity contribution < 1.29 is 28.3 Å². The molecule has 4 rings (SSSR count). The number of furan rings is 1. The molecule has 2 N–H and O–H groups in total. The van der Waals surface area contributed by atoms with Gasteiger partial charge in [0.15, 0.2) is 6.04 Å². The van der Waals surface area contributed by atoms with Crippen LogP contribution in [0.3, 0.4) is 0 Å². The molecule has 11 heteroatoms. The van der Waals surface area contributed by atoms with E-state index >= 15 is 0 Å². The van der Waals surface area contributed by atoms with Crippen LogP contribution in [0.2, 0.25) is 0 Å². The standard InChI is InChI=1S/C18H26N4O4.C11H13NO2/c1-4-7-8-9-22(11-23)15(6-3)19-12-10-14(26-13(12)5-2)16-17(24)21-18(25)20-16;1-12-6-5-8-3-4-9(14-2)7-10(8)11(12)13/h10-11,16H,4-9H2,1-3H3,(H2,20,21,24,25);3-4,7H,5-6H2,1-2H3. The summed E-state index contributed by atoms with van der Waals surface area (Å²) >= 11 is 0. The summed E-state index contributed by atoms with van der Waals surface area (Å²) in [5, 5.41) is 4.69. The van der Waals surface area contributed by atoms with Gasteiger partial charge in [0, 0.05) is 44.6 Å². The average Bonchev–Trinajstić information content (AvgIpc) is 3.53. The lowest BCUT2D eigenvalue weighted by Gasteiger charge is -2.24. The number of ether oxygens (including phenoxy) is 1. The Labute approximate surface area is 234 Å². The number of rotatable bonds is 10. The van der Waals surface area contributed by atoms with E-state index in [1.54, 1.807) is 23.0 Å². The lowest BCUT2D eigenvalue weighted by Crippen LogP contribution is -2.34. The molecule has 1 aromatic heterocycles. The summed E-state index contributed by atoms with van der Waals surface area (Å²) in [7, 11) is 3.43. The monoisotopic (exact) mass is 553 g/mol. The Balaban J connectivity index is 0.000000263. The van der Waals surface area contributed by atoms with Crippen molar-refractivity contribution in [2.45, 2.75) is 65.3 Å². The van der Waals surface area contributed by atoms with Crippen molar-refractivity contribution >= 4 is 35.8 Å². The number of hydrogen-bond donors (Lipinski definition) is 2. The topological polar surface area (TPSA) is 134 Å². The van der Waals surface area contributed by atoms with Crippen molar-refractivity contribution in [2.24, 2.45) is 4.99 Å². The molecule has 3 heterocycles. The van der Waals surface area contributed by atoms with Gasteiger partial charge in [-0.3, -0.25) is 19.7 Å². The zero-order chi connectivity index (χ0) is 29.2. The molecule has 11 nitrogen and oxygen atoms in total. The first-order valence-corrected chi connectivity index (χ1v) is 13.7. The normalized spacial score (nSPS) is 16.5. The Bertz CT molecular complexity index is 1250. The summed E-state index contributed by atoms with van der Waals surface area (Å²) in [4.78, 5) is 54.3. The molecule has 1 aromatic carbocycles. The molecule has 1 fully saturated rings. The molecule has 1 unspecified atom stereocenters. The van der Waals surface area contributed by atoms with Gasteiger partial charge in [-0.15, -0.1) is 0 Å². The van der Waals surface area contributed by atoms with Crippen LogP contribution in [0.15, 0.2) is 33.7 Å². The summed E-state index contributed by atoms with van der Waals surface area (Å²) in [6.07, 6.45) is 5.94. The van der Waals surface area contributed by atoms with E-state index in [0.29, 0.717) is 42.4 Å². The molecule has 2 aliphatic heterocycles. The largest absolute Gasteiger partial charge is 0.497 e. The Kier molecular flexibility index (Phi) is 10.9. The lowest BCUT2D eigenvalue weighted by atomic mass is 9.99. The second kappa shape index (κ2) is 14.3. The van der Waals surface area contributed by atoms with E-state index in [-0.39, 0.29) is 5.91 Å². The fraction of sp³-hybridized carbons (Fsp3) is 0.483. The number of carbonyl (C=O) groups excluding carboxylic acids is 4. The molecule has 0 saturated carbocycles. The molecule has 5 amide bonds. The molecule has 2 aliphatic rings. The highest BCUT2D eigenvalue weighted by molar-refractivity contribution is 6.04. The van der Waals surface area contributed by atoms with Crippen LogP contribution in [0.25, 0.3) is 0 Å². The summed E-state index contributed by atoms with van der Waals surface area (Å²) in [6, 6.07) is 5.94. The van der Waals surface area contributed by atoms with Gasteiger partial charge >= 0.3 is 6.03 Å². The van der Waals surface area contributed by atoms with E-state index in [0.717, 1.165) is 55.5 Å². The molecule has 0 spiro atoms. The first-order valence-electron chi connectivity index (χ1n) is 13.7. The van der Waals surface area contributed by atoms with Crippen LogP contribution >= 0.6 is 0 Å². The minimum Gasteiger partial charge on any atom is -0.497 e. The molecule has 40 heavy (non-hydrogen) atoms. The van der Waals surface area contributed by atoms with Crippen LogP contribution in [-0.2, 0) is 22.4 Å². The van der Waals surface area contributed by atoms with Crippen molar-refractivity contribution in [1.82, 2.24) is 20.4 Å². The summed E-state index contributed by atoms with van der Waals surface area (Å²) in [5.74, 6) is 1.98. The lowest BCUT2D eigenvalue weighted by molar-refractivity contribution is -0.120. The van der Waals surface area contributed by atoms with Crippen LogP contribution in [0, 0.1) is 0 Å². The number of aryl methyl sites for hydroxylation is 1. The maximum absolute atomic E-state index is 11.8. The summed E-state index contributed by atoms with van der Waals surface area (Å²) in [6.45, 7) is 7.39. The van der Waals surface area contributed by atoms with Crippen LogP contribution in [-0.4, -0.2) is 67.1 Å². The second-order valence-corrected chi connectivity index (χ2v) is 9.59. The Hall–Kier alpha value is -4.15. The predicted molar refractivity (Wildman–Crippen MR) is 151 cm³/mol. The molecule has 0 bridgehead atoms. The van der Waals surface area contributed by atoms with Crippen molar-refractivity contribution in [3.63, 3.8) is 0 Å². The summed E-state index contributed by atoms with van der Waals surface area (Å²) < 4.78 is 10.8. The predicted octanol–water partition coefficient (Wildman–Crippen LogP) is 4.13. The smallest absolute Gasteiger partial charge is 0.322 e. The Morgan fingerprint density at radius 3 is 2.58 bits per heavy atom. The van der Waals surface area contributed by atoms with Crippen molar-refractivity contribution in [3.05, 3.63) is 46.9 Å². The number of likely N-dealkylation sites (N-methyl/N-ethyl adjacent to an activating group) is 1. The fourth-order valence-corrected chi connectivity index (χ4v) is 4.50. The molecule has 0 radical (unpaired) electrons. The number of methoxy groups -OCH3 is 1. The van der Waals surface area contributed by atoms with Crippen LogP contribution in [0.4, 0.5) is 10.5 Å². The maximum Gasteiger partial charge on any atom is 0.322 e. The number of imide groups is 1. The first-order chi connectivity index (χ1) is 19.3. The van der Waals surface area contributed by atoms with Crippen molar-refractivity contribution in [2.75, 3.05) is 27.2 Å². The highest BCUT2D eigenvalue weighted by Crippen LogP contribution is 2.30. The van der Waals surface area contributed by atoms with E-state index in [1.165, 1.54) is 0 Å². The number of benzene rings is 1. The number of fused-ring (bicyclic) bond motifs is 1. The molecular weight excluding hydrogens is 514 g/mol. The van der Waals surface area contributed by atoms with Crippen molar-refractivity contribution in [3.8, 4) is 5.75 Å². The summed E-state index contributed by atoms with van der Waals surface area (Å²) in [5.41, 5.74) is 2.47. The number of amides is 5. The van der Waals surface area contributed by atoms with E-state index in [9.17, 15) is 19.2 Å². The third-order valence-electron chi connectivity index (χ3n) is 6.82. The van der Waals surface area contributed by atoms with E-state index in [1.807, 2.05) is 39.1 Å². The third kappa shape index (κ3) is 7.28. The highest BCUT2D eigenvalue weighted by atomic mass is 16.5. The Morgan fingerprint density at radius 2 is 1.98 bits per heavy atom. The van der Waals surface area contributed by atoms with Crippen molar-refractivity contribution in [1.29, 1.82) is 0 Å². The number of hydrogen-bond acceptors (Lipinski definition) is 7. The van der Waals surface area contributed by atoms with Gasteiger partial charge in [0.1, 0.15) is 28.8 Å². The van der Waals surface area contributed by atoms with Crippen LogP contribution < -0.4 is 15.4 Å². The average molecular weight is 554 g/mol. The van der Waals surface area contributed by atoms with Crippen LogP contribution in [0.1, 0.15) is 79.9 Å². The van der Waals surface area contributed by atoms with E-state index < -0.39 is 18.0 Å². The number of urea groups is 1.